The Kier molecular flexibility index (Phi) is 3.93. The molecule has 0 spiro atoms. The van der Waals surface area contributed by atoms with E-state index in [4.69, 9.17) is 0 Å². The van der Waals surface area contributed by atoms with E-state index >= 15 is 0 Å². The molecule has 4 rings (SSSR count). The van der Waals surface area contributed by atoms with Crippen molar-refractivity contribution in [2.24, 2.45) is 0 Å². The topological polar surface area (TPSA) is 37.4 Å². The molecule has 1 aliphatic carbocycles. The van der Waals surface area contributed by atoms with E-state index in [1.54, 1.807) is 16.4 Å². The SMILES string of the molecule is O=S(=O)(c1ccc2c(c1)CCC2)N1CCC[C@H]1c1cccc(F)c1. The summed E-state index contributed by atoms with van der Waals surface area (Å²) in [6, 6.07) is 11.5. The minimum absolute atomic E-state index is 0.279. The van der Waals surface area contributed by atoms with Gasteiger partial charge in [-0.05, 0) is 73.1 Å². The Labute approximate surface area is 142 Å². The summed E-state index contributed by atoms with van der Waals surface area (Å²) < 4.78 is 41.4. The van der Waals surface area contributed by atoms with Crippen LogP contribution in [0.15, 0.2) is 47.4 Å². The van der Waals surface area contributed by atoms with Crippen LogP contribution in [0, 0.1) is 5.82 Å². The molecule has 3 nitrogen and oxygen atoms in total. The molecule has 0 unspecified atom stereocenters. The highest BCUT2D eigenvalue weighted by atomic mass is 32.2. The molecule has 1 atom stereocenters. The van der Waals surface area contributed by atoms with Gasteiger partial charge in [-0.1, -0.05) is 18.2 Å². The standard InChI is InChI=1S/C19H20FNO2S/c20-17-7-2-6-16(12-17)19-8-3-11-21(19)24(22,23)18-10-9-14-4-1-5-15(14)13-18/h2,6-7,9-10,12-13,19H,1,3-5,8,11H2/t19-/m0/s1. The van der Waals surface area contributed by atoms with E-state index in [1.807, 2.05) is 18.2 Å². The first-order valence-electron chi connectivity index (χ1n) is 8.45. The van der Waals surface area contributed by atoms with Gasteiger partial charge in [-0.3, -0.25) is 0 Å². The zero-order valence-electron chi connectivity index (χ0n) is 13.4. The molecule has 0 aromatic heterocycles. The molecule has 1 heterocycles. The van der Waals surface area contributed by atoms with Gasteiger partial charge >= 0.3 is 0 Å². The normalized spacial score (nSPS) is 21.1. The lowest BCUT2D eigenvalue weighted by molar-refractivity contribution is 0.395. The zero-order valence-corrected chi connectivity index (χ0v) is 14.2. The lowest BCUT2D eigenvalue weighted by atomic mass is 10.1. The van der Waals surface area contributed by atoms with Crippen molar-refractivity contribution in [1.82, 2.24) is 4.31 Å². The van der Waals surface area contributed by atoms with Crippen LogP contribution in [0.25, 0.3) is 0 Å². The maximum Gasteiger partial charge on any atom is 0.243 e. The number of nitrogens with zero attached hydrogens (tertiary/aromatic N) is 1. The van der Waals surface area contributed by atoms with Crippen molar-refractivity contribution in [3.63, 3.8) is 0 Å². The fraction of sp³-hybridized carbons (Fsp3) is 0.368. The molecule has 2 aromatic carbocycles. The van der Waals surface area contributed by atoms with Crippen LogP contribution in [-0.4, -0.2) is 19.3 Å². The summed E-state index contributed by atoms with van der Waals surface area (Å²) in [6.45, 7) is 0.487. The third-order valence-corrected chi connectivity index (χ3v) is 7.02. The number of halogens is 1. The summed E-state index contributed by atoms with van der Waals surface area (Å²) in [5, 5.41) is 0. The molecule has 24 heavy (non-hydrogen) atoms. The van der Waals surface area contributed by atoms with Crippen molar-refractivity contribution in [2.45, 2.75) is 43.0 Å². The number of sulfonamides is 1. The quantitative estimate of drug-likeness (QED) is 0.847. The Morgan fingerprint density at radius 3 is 2.67 bits per heavy atom. The van der Waals surface area contributed by atoms with Crippen LogP contribution in [-0.2, 0) is 22.9 Å². The predicted molar refractivity (Wildman–Crippen MR) is 90.7 cm³/mol. The fourth-order valence-electron chi connectivity index (χ4n) is 3.92. The minimum atomic E-state index is -3.56. The first-order valence-corrected chi connectivity index (χ1v) is 9.89. The molecule has 1 aliphatic heterocycles. The third-order valence-electron chi connectivity index (χ3n) is 5.11. The molecule has 2 aromatic rings. The average Bonchev–Trinajstić information content (AvgIpc) is 3.23. The van der Waals surface area contributed by atoms with E-state index in [-0.39, 0.29) is 11.9 Å². The Hall–Kier alpha value is -1.72. The van der Waals surface area contributed by atoms with Gasteiger partial charge in [0.1, 0.15) is 5.82 Å². The van der Waals surface area contributed by atoms with Crippen LogP contribution < -0.4 is 0 Å². The number of fused-ring (bicyclic) bond motifs is 1. The fourth-order valence-corrected chi connectivity index (χ4v) is 5.65. The summed E-state index contributed by atoms with van der Waals surface area (Å²) >= 11 is 0. The molecule has 0 amide bonds. The van der Waals surface area contributed by atoms with Crippen LogP contribution >= 0.6 is 0 Å². The molecule has 5 heteroatoms. The highest BCUT2D eigenvalue weighted by Gasteiger charge is 2.36. The molecule has 0 bridgehead atoms. The Morgan fingerprint density at radius 1 is 1.00 bits per heavy atom. The van der Waals surface area contributed by atoms with Gasteiger partial charge < -0.3 is 0 Å². The van der Waals surface area contributed by atoms with Gasteiger partial charge in [-0.15, -0.1) is 0 Å². The molecule has 2 aliphatic rings. The van der Waals surface area contributed by atoms with E-state index in [1.165, 1.54) is 17.7 Å². The number of benzene rings is 2. The number of hydrogen-bond donors (Lipinski definition) is 0. The number of rotatable bonds is 3. The number of aryl methyl sites for hydroxylation is 2. The summed E-state index contributed by atoms with van der Waals surface area (Å²) in [5.74, 6) is -0.325. The summed E-state index contributed by atoms with van der Waals surface area (Å²) in [5.41, 5.74) is 3.15. The van der Waals surface area contributed by atoms with Gasteiger partial charge in [0, 0.05) is 6.54 Å². The zero-order chi connectivity index (χ0) is 16.7. The van der Waals surface area contributed by atoms with Crippen molar-refractivity contribution in [3.8, 4) is 0 Å². The molecule has 0 N–H and O–H groups in total. The largest absolute Gasteiger partial charge is 0.243 e. The van der Waals surface area contributed by atoms with Crippen LogP contribution in [0.4, 0.5) is 4.39 Å². The predicted octanol–water partition coefficient (Wildman–Crippen LogP) is 3.84. The third kappa shape index (κ3) is 2.66. The molecular weight excluding hydrogens is 325 g/mol. The first kappa shape index (κ1) is 15.8. The maximum absolute atomic E-state index is 13.5. The monoisotopic (exact) mass is 345 g/mol. The summed E-state index contributed by atoms with van der Waals surface area (Å²) in [6.07, 6.45) is 4.60. The highest BCUT2D eigenvalue weighted by molar-refractivity contribution is 7.89. The number of hydrogen-bond acceptors (Lipinski definition) is 2. The average molecular weight is 345 g/mol. The van der Waals surface area contributed by atoms with Crippen molar-refractivity contribution in [1.29, 1.82) is 0 Å². The van der Waals surface area contributed by atoms with Gasteiger partial charge in [-0.2, -0.15) is 4.31 Å². The van der Waals surface area contributed by atoms with Gasteiger partial charge in [0.2, 0.25) is 10.0 Å². The van der Waals surface area contributed by atoms with Crippen LogP contribution in [0.3, 0.4) is 0 Å². The Morgan fingerprint density at radius 2 is 1.83 bits per heavy atom. The smallest absolute Gasteiger partial charge is 0.207 e. The van der Waals surface area contributed by atoms with E-state index in [0.717, 1.165) is 43.2 Å². The second kappa shape index (κ2) is 5.97. The van der Waals surface area contributed by atoms with Crippen molar-refractivity contribution in [3.05, 3.63) is 65.0 Å². The van der Waals surface area contributed by atoms with Crippen LogP contribution in [0.5, 0.6) is 0 Å². The van der Waals surface area contributed by atoms with E-state index < -0.39 is 10.0 Å². The maximum atomic E-state index is 13.5. The first-order chi connectivity index (χ1) is 11.6. The molecule has 0 radical (unpaired) electrons. The molecule has 126 valence electrons. The summed E-state index contributed by atoms with van der Waals surface area (Å²) in [4.78, 5) is 0.367. The minimum Gasteiger partial charge on any atom is -0.207 e. The molecule has 0 saturated carbocycles. The highest BCUT2D eigenvalue weighted by Crippen LogP contribution is 2.37. The van der Waals surface area contributed by atoms with Crippen LogP contribution in [0.1, 0.15) is 42.0 Å². The molecule has 1 saturated heterocycles. The Balaban J connectivity index is 1.70. The Bertz CT molecular complexity index is 879. The second-order valence-electron chi connectivity index (χ2n) is 6.61. The van der Waals surface area contributed by atoms with Crippen molar-refractivity contribution >= 4 is 10.0 Å². The van der Waals surface area contributed by atoms with Gasteiger partial charge in [0.05, 0.1) is 10.9 Å². The van der Waals surface area contributed by atoms with Gasteiger partial charge in [-0.25, -0.2) is 12.8 Å². The van der Waals surface area contributed by atoms with Gasteiger partial charge in [0.25, 0.3) is 0 Å². The lowest BCUT2D eigenvalue weighted by Gasteiger charge is -2.24. The molecule has 1 fully saturated rings. The van der Waals surface area contributed by atoms with E-state index in [9.17, 15) is 12.8 Å². The molecular formula is C19H20FNO2S. The van der Waals surface area contributed by atoms with Gasteiger partial charge in [0.15, 0.2) is 0 Å². The van der Waals surface area contributed by atoms with E-state index in [2.05, 4.69) is 0 Å². The summed E-state index contributed by atoms with van der Waals surface area (Å²) in [7, 11) is -3.56. The van der Waals surface area contributed by atoms with E-state index in [0.29, 0.717) is 11.4 Å². The second-order valence-corrected chi connectivity index (χ2v) is 8.50. The van der Waals surface area contributed by atoms with Crippen LogP contribution in [0.2, 0.25) is 0 Å². The van der Waals surface area contributed by atoms with Crippen molar-refractivity contribution in [2.75, 3.05) is 6.54 Å². The lowest BCUT2D eigenvalue weighted by Crippen LogP contribution is -2.30. The van der Waals surface area contributed by atoms with Crippen molar-refractivity contribution < 1.29 is 12.8 Å².